The van der Waals surface area contributed by atoms with E-state index >= 15 is 0 Å². The van der Waals surface area contributed by atoms with Crippen molar-refractivity contribution in [2.45, 2.75) is 18.0 Å². The Kier molecular flexibility index (Phi) is 6.94. The van der Waals surface area contributed by atoms with Crippen LogP contribution in [0, 0.1) is 6.92 Å². The summed E-state index contributed by atoms with van der Waals surface area (Å²) in [6.45, 7) is 1.67. The molecule has 0 saturated carbocycles. The number of alkyl halides is 3. The van der Waals surface area contributed by atoms with Gasteiger partial charge in [-0.2, -0.15) is 13.2 Å². The topological polar surface area (TPSA) is 91.7 Å². The molecule has 0 amide bonds. The Labute approximate surface area is 201 Å². The lowest BCUT2D eigenvalue weighted by Crippen LogP contribution is -2.24. The van der Waals surface area contributed by atoms with E-state index in [1.807, 2.05) is 0 Å². The van der Waals surface area contributed by atoms with Crippen LogP contribution in [0.15, 0.2) is 57.9 Å². The van der Waals surface area contributed by atoms with E-state index in [1.165, 1.54) is 36.4 Å². The molecular formula is C22H17BrF3NO6S. The molecule has 0 aliphatic heterocycles. The van der Waals surface area contributed by atoms with Crippen molar-refractivity contribution in [1.29, 1.82) is 0 Å². The van der Waals surface area contributed by atoms with Gasteiger partial charge in [0.15, 0.2) is 5.69 Å². The fraction of sp³-hybridized carbons (Fsp3) is 0.182. The molecule has 0 unspecified atom stereocenters. The zero-order valence-corrected chi connectivity index (χ0v) is 20.3. The van der Waals surface area contributed by atoms with E-state index in [9.17, 15) is 31.2 Å². The van der Waals surface area contributed by atoms with Gasteiger partial charge < -0.3 is 9.47 Å². The number of esters is 2. The monoisotopic (exact) mass is 559 g/mol. The third-order valence-corrected chi connectivity index (χ3v) is 7.10. The number of carbonyl (C=O) groups excluding carboxylic acids is 2. The van der Waals surface area contributed by atoms with Gasteiger partial charge in [-0.05, 0) is 31.2 Å². The Morgan fingerprint density at radius 3 is 1.85 bits per heavy atom. The molecule has 2 aromatic carbocycles. The molecule has 0 atom stereocenters. The maximum atomic E-state index is 14.4. The molecule has 0 fully saturated rings. The summed E-state index contributed by atoms with van der Waals surface area (Å²) in [4.78, 5) is 24.8. The summed E-state index contributed by atoms with van der Waals surface area (Å²) in [6, 6.07) is 10.6. The molecule has 0 spiro atoms. The number of nitrogens with zero attached hydrogens (tertiary/aromatic N) is 1. The molecule has 12 heteroatoms. The van der Waals surface area contributed by atoms with Crippen LogP contribution in [0.4, 0.5) is 13.2 Å². The highest BCUT2D eigenvalue weighted by Crippen LogP contribution is 2.43. The first-order chi connectivity index (χ1) is 15.8. The molecule has 1 heterocycles. The molecule has 180 valence electrons. The Morgan fingerprint density at radius 1 is 0.882 bits per heavy atom. The quantitative estimate of drug-likeness (QED) is 0.406. The minimum Gasteiger partial charge on any atom is -0.465 e. The number of halogens is 4. The van der Waals surface area contributed by atoms with Gasteiger partial charge in [0.1, 0.15) is 11.1 Å². The van der Waals surface area contributed by atoms with E-state index in [4.69, 9.17) is 0 Å². The van der Waals surface area contributed by atoms with Crippen molar-refractivity contribution in [3.8, 4) is 11.3 Å². The van der Waals surface area contributed by atoms with Crippen LogP contribution in [0.2, 0.25) is 0 Å². The van der Waals surface area contributed by atoms with Crippen LogP contribution in [-0.4, -0.2) is 38.5 Å². The summed E-state index contributed by atoms with van der Waals surface area (Å²) in [5.41, 5.74) is -4.14. The molecule has 7 nitrogen and oxygen atoms in total. The predicted octanol–water partition coefficient (Wildman–Crippen LogP) is 5.06. The highest BCUT2D eigenvalue weighted by Gasteiger charge is 2.48. The van der Waals surface area contributed by atoms with Crippen molar-refractivity contribution in [2.75, 3.05) is 14.2 Å². The molecule has 0 radical (unpaired) electrons. The van der Waals surface area contributed by atoms with Crippen molar-refractivity contribution in [2.24, 2.45) is 0 Å². The van der Waals surface area contributed by atoms with Crippen molar-refractivity contribution in [3.63, 3.8) is 0 Å². The summed E-state index contributed by atoms with van der Waals surface area (Å²) in [5.74, 6) is -2.90. The number of benzene rings is 2. The van der Waals surface area contributed by atoms with Crippen LogP contribution in [0.25, 0.3) is 11.3 Å². The molecule has 0 aliphatic rings. The number of aromatic nitrogens is 1. The summed E-state index contributed by atoms with van der Waals surface area (Å²) < 4.78 is 80.1. The predicted molar refractivity (Wildman–Crippen MR) is 119 cm³/mol. The van der Waals surface area contributed by atoms with Crippen LogP contribution in [0.1, 0.15) is 32.0 Å². The van der Waals surface area contributed by atoms with Crippen molar-refractivity contribution in [3.05, 3.63) is 75.4 Å². The van der Waals surface area contributed by atoms with Gasteiger partial charge in [0.25, 0.3) is 10.0 Å². The second-order valence-corrected chi connectivity index (χ2v) is 9.72. The molecule has 0 saturated heterocycles. The SMILES string of the molecule is COC(=O)c1c(C(=O)OC)c(C(F)(F)F)n(S(=O)(=O)c2ccc(C)cc2)c1-c1ccc(Br)cc1. The Hall–Kier alpha value is -3.12. The largest absolute Gasteiger partial charge is 0.465 e. The van der Waals surface area contributed by atoms with Gasteiger partial charge in [0, 0.05) is 10.0 Å². The average Bonchev–Trinajstić information content (AvgIpc) is 3.16. The first-order valence-corrected chi connectivity index (χ1v) is 11.7. The average molecular weight is 560 g/mol. The van der Waals surface area contributed by atoms with E-state index in [-0.39, 0.29) is 9.54 Å². The highest BCUT2D eigenvalue weighted by atomic mass is 79.9. The van der Waals surface area contributed by atoms with E-state index in [1.54, 1.807) is 6.92 Å². The zero-order valence-electron chi connectivity index (χ0n) is 17.9. The van der Waals surface area contributed by atoms with Gasteiger partial charge >= 0.3 is 18.1 Å². The number of hydrogen-bond acceptors (Lipinski definition) is 6. The molecule has 3 aromatic rings. The third kappa shape index (κ3) is 4.47. The first kappa shape index (κ1) is 25.5. The highest BCUT2D eigenvalue weighted by molar-refractivity contribution is 9.10. The normalized spacial score (nSPS) is 11.9. The lowest BCUT2D eigenvalue weighted by molar-refractivity contribution is -0.142. The molecule has 0 aliphatic carbocycles. The summed E-state index contributed by atoms with van der Waals surface area (Å²) in [6.07, 6.45) is -5.38. The lowest BCUT2D eigenvalue weighted by atomic mass is 10.0. The molecular weight excluding hydrogens is 543 g/mol. The standard InChI is InChI=1S/C22H17BrF3NO6S/c1-12-4-10-15(11-5-12)34(30,31)27-18(13-6-8-14(23)9-7-13)16(20(28)32-2)17(21(29)33-3)19(27)22(24,25)26/h4-11H,1-3H3. The van der Waals surface area contributed by atoms with E-state index in [2.05, 4.69) is 25.4 Å². The van der Waals surface area contributed by atoms with Gasteiger partial charge in [0.05, 0.1) is 24.8 Å². The smallest absolute Gasteiger partial charge is 0.433 e. The maximum Gasteiger partial charge on any atom is 0.433 e. The fourth-order valence-corrected chi connectivity index (χ4v) is 5.16. The van der Waals surface area contributed by atoms with Crippen molar-refractivity contribution in [1.82, 2.24) is 3.97 Å². The number of carbonyl (C=O) groups is 2. The Bertz CT molecular complexity index is 1360. The second-order valence-electron chi connectivity index (χ2n) is 7.02. The number of rotatable bonds is 5. The van der Waals surface area contributed by atoms with Gasteiger partial charge in [-0.3, -0.25) is 0 Å². The molecule has 34 heavy (non-hydrogen) atoms. The summed E-state index contributed by atoms with van der Waals surface area (Å²) in [5, 5.41) is 0. The van der Waals surface area contributed by atoms with Crippen LogP contribution in [-0.2, 0) is 25.7 Å². The van der Waals surface area contributed by atoms with Gasteiger partial charge in [-0.1, -0.05) is 45.8 Å². The fourth-order valence-electron chi connectivity index (χ4n) is 3.34. The van der Waals surface area contributed by atoms with E-state index < -0.39 is 55.5 Å². The minimum absolute atomic E-state index is 0.0423. The van der Waals surface area contributed by atoms with Gasteiger partial charge in [-0.25, -0.2) is 22.0 Å². The molecule has 1 aromatic heterocycles. The van der Waals surface area contributed by atoms with Gasteiger partial charge in [0.2, 0.25) is 0 Å². The van der Waals surface area contributed by atoms with Crippen LogP contribution in [0.3, 0.4) is 0 Å². The first-order valence-electron chi connectivity index (χ1n) is 9.45. The van der Waals surface area contributed by atoms with E-state index in [0.717, 1.165) is 26.4 Å². The Balaban J connectivity index is 2.63. The molecule has 0 N–H and O–H groups in total. The number of ether oxygens (including phenoxy) is 2. The number of methoxy groups -OCH3 is 2. The third-order valence-electron chi connectivity index (χ3n) is 4.85. The van der Waals surface area contributed by atoms with E-state index in [0.29, 0.717) is 10.0 Å². The second kappa shape index (κ2) is 9.26. The minimum atomic E-state index is -5.38. The summed E-state index contributed by atoms with van der Waals surface area (Å²) in [7, 11) is -3.26. The van der Waals surface area contributed by atoms with Crippen LogP contribution in [0.5, 0.6) is 0 Å². The van der Waals surface area contributed by atoms with Crippen LogP contribution < -0.4 is 0 Å². The number of aryl methyl sites for hydroxylation is 1. The summed E-state index contributed by atoms with van der Waals surface area (Å²) >= 11 is 3.20. The van der Waals surface area contributed by atoms with Crippen molar-refractivity contribution >= 4 is 37.9 Å². The number of hydrogen-bond donors (Lipinski definition) is 0. The Morgan fingerprint density at radius 2 is 1.38 bits per heavy atom. The zero-order chi connectivity index (χ0) is 25.4. The molecule has 3 rings (SSSR count). The lowest BCUT2D eigenvalue weighted by Gasteiger charge is -2.17. The molecule has 0 bridgehead atoms. The maximum absolute atomic E-state index is 14.4. The van der Waals surface area contributed by atoms with Gasteiger partial charge in [-0.15, -0.1) is 0 Å². The van der Waals surface area contributed by atoms with Crippen molar-refractivity contribution < 1.29 is 40.7 Å². The van der Waals surface area contributed by atoms with Crippen LogP contribution >= 0.6 is 15.9 Å².